The summed E-state index contributed by atoms with van der Waals surface area (Å²) < 4.78 is 5.39. The van der Waals surface area contributed by atoms with Crippen molar-refractivity contribution in [1.82, 2.24) is 20.0 Å². The Kier molecular flexibility index (Phi) is 5.93. The zero-order valence-corrected chi connectivity index (χ0v) is 16.7. The fourth-order valence-electron chi connectivity index (χ4n) is 4.48. The second-order valence-electron chi connectivity index (χ2n) is 8.60. The van der Waals surface area contributed by atoms with Crippen molar-refractivity contribution < 1.29 is 19.1 Å². The third-order valence-electron chi connectivity index (χ3n) is 5.80. The molecule has 3 fully saturated rings. The zero-order chi connectivity index (χ0) is 19.6. The Morgan fingerprint density at radius 2 is 1.74 bits per heavy atom. The van der Waals surface area contributed by atoms with Crippen molar-refractivity contribution in [2.75, 3.05) is 53.0 Å². The molecule has 0 bridgehead atoms. The number of hydrogen-bond donors (Lipinski definition) is 1. The van der Waals surface area contributed by atoms with Crippen LogP contribution in [0.3, 0.4) is 0 Å². The maximum atomic E-state index is 13.1. The van der Waals surface area contributed by atoms with Gasteiger partial charge in [-0.3, -0.25) is 9.59 Å². The summed E-state index contributed by atoms with van der Waals surface area (Å²) in [7, 11) is 1.80. The van der Waals surface area contributed by atoms with Gasteiger partial charge < -0.3 is 24.8 Å². The monoisotopic (exact) mass is 380 g/mol. The van der Waals surface area contributed by atoms with E-state index in [9.17, 15) is 14.4 Å². The number of rotatable bonds is 2. The topological polar surface area (TPSA) is 82.2 Å². The highest BCUT2D eigenvalue weighted by molar-refractivity contribution is 5.82. The number of likely N-dealkylation sites (tertiary alicyclic amines) is 1. The molecule has 8 nitrogen and oxygen atoms in total. The molecule has 1 N–H and O–H groups in total. The molecule has 1 unspecified atom stereocenters. The van der Waals surface area contributed by atoms with Crippen molar-refractivity contribution in [3.8, 4) is 0 Å². The molecule has 4 amide bonds. The van der Waals surface area contributed by atoms with E-state index in [4.69, 9.17) is 4.74 Å². The van der Waals surface area contributed by atoms with Crippen molar-refractivity contribution in [2.45, 2.75) is 39.2 Å². The van der Waals surface area contributed by atoms with Crippen molar-refractivity contribution in [3.63, 3.8) is 0 Å². The molecule has 1 atom stereocenters. The summed E-state index contributed by atoms with van der Waals surface area (Å²) in [6.45, 7) is 7.73. The van der Waals surface area contributed by atoms with E-state index < -0.39 is 5.41 Å². The standard InChI is InChI=1S/C19H32N4O4/c1-14(2)20-18(26)23-7-6-22(17(25)15-4-8-27-9-5-15)12-19(13-23)10-16(24)21(3)11-19/h14-15H,4-13H2,1-3H3,(H,20,26). The van der Waals surface area contributed by atoms with E-state index in [-0.39, 0.29) is 29.8 Å². The molecule has 0 aromatic rings. The Balaban J connectivity index is 1.78. The van der Waals surface area contributed by atoms with Gasteiger partial charge in [-0.15, -0.1) is 0 Å². The van der Waals surface area contributed by atoms with Gasteiger partial charge in [0.05, 0.1) is 0 Å². The van der Waals surface area contributed by atoms with Gasteiger partial charge in [-0.05, 0) is 26.7 Å². The molecule has 0 aromatic heterocycles. The smallest absolute Gasteiger partial charge is 0.317 e. The van der Waals surface area contributed by atoms with E-state index in [2.05, 4.69) is 5.32 Å². The number of ether oxygens (including phenoxy) is 1. The number of hydrogen-bond acceptors (Lipinski definition) is 4. The highest BCUT2D eigenvalue weighted by atomic mass is 16.5. The average Bonchev–Trinajstić information content (AvgIpc) is 2.79. The second-order valence-corrected chi connectivity index (χ2v) is 8.60. The predicted octanol–water partition coefficient (Wildman–Crippen LogP) is 0.524. The highest BCUT2D eigenvalue weighted by Crippen LogP contribution is 2.35. The summed E-state index contributed by atoms with van der Waals surface area (Å²) in [6, 6.07) is -0.0729. The highest BCUT2D eigenvalue weighted by Gasteiger charge is 2.47. The van der Waals surface area contributed by atoms with Gasteiger partial charge in [-0.1, -0.05) is 0 Å². The first kappa shape index (κ1) is 19.9. The normalized spacial score (nSPS) is 27.4. The minimum Gasteiger partial charge on any atom is -0.381 e. The van der Waals surface area contributed by atoms with Gasteiger partial charge in [0.1, 0.15) is 0 Å². The summed E-state index contributed by atoms with van der Waals surface area (Å²) in [5.74, 6) is 0.215. The van der Waals surface area contributed by atoms with Crippen LogP contribution in [0.5, 0.6) is 0 Å². The number of carbonyl (C=O) groups excluding carboxylic acids is 3. The van der Waals surface area contributed by atoms with Crippen LogP contribution in [0, 0.1) is 11.3 Å². The molecule has 3 aliphatic rings. The van der Waals surface area contributed by atoms with Gasteiger partial charge in [0.15, 0.2) is 0 Å². The predicted molar refractivity (Wildman–Crippen MR) is 100 cm³/mol. The van der Waals surface area contributed by atoms with Crippen LogP contribution in [0.2, 0.25) is 0 Å². The van der Waals surface area contributed by atoms with Crippen LogP contribution in [-0.4, -0.2) is 91.6 Å². The van der Waals surface area contributed by atoms with E-state index in [1.54, 1.807) is 16.8 Å². The molecule has 0 aliphatic carbocycles. The summed E-state index contributed by atoms with van der Waals surface area (Å²) >= 11 is 0. The Labute approximate surface area is 161 Å². The molecular formula is C19H32N4O4. The molecule has 3 aliphatic heterocycles. The molecular weight excluding hydrogens is 348 g/mol. The lowest BCUT2D eigenvalue weighted by molar-refractivity contribution is -0.139. The summed E-state index contributed by atoms with van der Waals surface area (Å²) in [5, 5.41) is 2.94. The molecule has 3 heterocycles. The first-order valence-electron chi connectivity index (χ1n) is 9.96. The maximum Gasteiger partial charge on any atom is 0.317 e. The third-order valence-corrected chi connectivity index (χ3v) is 5.80. The van der Waals surface area contributed by atoms with Gasteiger partial charge in [0.25, 0.3) is 0 Å². The van der Waals surface area contributed by atoms with Gasteiger partial charge in [0, 0.05) is 76.8 Å². The number of carbonyl (C=O) groups is 3. The van der Waals surface area contributed by atoms with Crippen LogP contribution in [0.15, 0.2) is 0 Å². The van der Waals surface area contributed by atoms with Crippen LogP contribution in [0.1, 0.15) is 33.1 Å². The first-order valence-corrected chi connectivity index (χ1v) is 9.96. The zero-order valence-electron chi connectivity index (χ0n) is 16.7. The van der Waals surface area contributed by atoms with E-state index >= 15 is 0 Å². The summed E-state index contributed by atoms with van der Waals surface area (Å²) in [6.07, 6.45) is 1.88. The molecule has 3 rings (SSSR count). The molecule has 1 spiro atoms. The molecule has 3 saturated heterocycles. The van der Waals surface area contributed by atoms with Crippen LogP contribution in [-0.2, 0) is 14.3 Å². The lowest BCUT2D eigenvalue weighted by Gasteiger charge is -2.35. The van der Waals surface area contributed by atoms with Crippen molar-refractivity contribution >= 4 is 17.8 Å². The fraction of sp³-hybridized carbons (Fsp3) is 0.842. The average molecular weight is 380 g/mol. The van der Waals surface area contributed by atoms with Crippen molar-refractivity contribution in [2.24, 2.45) is 11.3 Å². The third kappa shape index (κ3) is 4.54. The molecule has 0 aromatic carbocycles. The Morgan fingerprint density at radius 1 is 1.11 bits per heavy atom. The Morgan fingerprint density at radius 3 is 2.33 bits per heavy atom. The van der Waals surface area contributed by atoms with Crippen LogP contribution in [0.25, 0.3) is 0 Å². The Bertz CT molecular complexity index is 590. The largest absolute Gasteiger partial charge is 0.381 e. The van der Waals surface area contributed by atoms with Gasteiger partial charge in [0.2, 0.25) is 11.8 Å². The second kappa shape index (κ2) is 8.04. The van der Waals surface area contributed by atoms with Gasteiger partial charge in [-0.25, -0.2) is 4.79 Å². The van der Waals surface area contributed by atoms with Gasteiger partial charge in [-0.2, -0.15) is 0 Å². The SMILES string of the molecule is CC(C)NC(=O)N1CCN(C(=O)C2CCOCC2)CC2(CC(=O)N(C)C2)C1. The van der Waals surface area contributed by atoms with Crippen LogP contribution < -0.4 is 5.32 Å². The lowest BCUT2D eigenvalue weighted by atomic mass is 9.85. The maximum absolute atomic E-state index is 13.1. The molecule has 152 valence electrons. The van der Waals surface area contributed by atoms with Crippen LogP contribution in [0.4, 0.5) is 4.79 Å². The number of urea groups is 1. The van der Waals surface area contributed by atoms with Crippen molar-refractivity contribution in [1.29, 1.82) is 0 Å². The number of nitrogens with zero attached hydrogens (tertiary/aromatic N) is 3. The minimum atomic E-state index is -0.391. The first-order chi connectivity index (χ1) is 12.8. The lowest BCUT2D eigenvalue weighted by Crippen LogP contribution is -2.49. The quantitative estimate of drug-likeness (QED) is 0.757. The molecule has 0 radical (unpaired) electrons. The van der Waals surface area contributed by atoms with E-state index in [0.717, 1.165) is 12.8 Å². The molecule has 27 heavy (non-hydrogen) atoms. The van der Waals surface area contributed by atoms with Gasteiger partial charge >= 0.3 is 6.03 Å². The fourth-order valence-corrected chi connectivity index (χ4v) is 4.48. The summed E-state index contributed by atoms with van der Waals surface area (Å²) in [4.78, 5) is 43.4. The number of nitrogens with one attached hydrogen (secondary N) is 1. The summed E-state index contributed by atoms with van der Waals surface area (Å²) in [5.41, 5.74) is -0.391. The van der Waals surface area contributed by atoms with E-state index in [0.29, 0.717) is 52.4 Å². The van der Waals surface area contributed by atoms with Crippen LogP contribution >= 0.6 is 0 Å². The van der Waals surface area contributed by atoms with E-state index in [1.165, 1.54) is 0 Å². The minimum absolute atomic E-state index is 0.0123. The number of amides is 4. The van der Waals surface area contributed by atoms with Crippen molar-refractivity contribution in [3.05, 3.63) is 0 Å². The molecule has 8 heteroatoms. The van der Waals surface area contributed by atoms with E-state index in [1.807, 2.05) is 18.7 Å². The Hall–Kier alpha value is -1.83. The molecule has 0 saturated carbocycles.